The highest BCUT2D eigenvalue weighted by molar-refractivity contribution is 5.79. The zero-order valence-electron chi connectivity index (χ0n) is 12.3. The molecule has 0 aromatic carbocycles. The van der Waals surface area contributed by atoms with Gasteiger partial charge >= 0.3 is 0 Å². The van der Waals surface area contributed by atoms with Gasteiger partial charge in [-0.05, 0) is 19.4 Å². The van der Waals surface area contributed by atoms with Crippen molar-refractivity contribution in [3.8, 4) is 0 Å². The number of morpholine rings is 1. The van der Waals surface area contributed by atoms with Crippen molar-refractivity contribution in [1.29, 1.82) is 0 Å². The first-order valence-corrected chi connectivity index (χ1v) is 7.10. The van der Waals surface area contributed by atoms with Crippen molar-refractivity contribution in [2.45, 2.75) is 12.8 Å². The summed E-state index contributed by atoms with van der Waals surface area (Å²) in [5.41, 5.74) is 0. The third kappa shape index (κ3) is 8.02. The summed E-state index contributed by atoms with van der Waals surface area (Å²) in [5.74, 6) is 0.850. The largest absolute Gasteiger partial charge is 0.383 e. The number of rotatable bonds is 8. The van der Waals surface area contributed by atoms with E-state index in [4.69, 9.17) is 9.47 Å². The van der Waals surface area contributed by atoms with Crippen LogP contribution in [0.25, 0.3) is 0 Å². The minimum Gasteiger partial charge on any atom is -0.383 e. The van der Waals surface area contributed by atoms with E-state index >= 15 is 0 Å². The Hall–Kier alpha value is -0.850. The number of methoxy groups -OCH3 is 1. The molecule has 0 unspecified atom stereocenters. The predicted molar refractivity (Wildman–Crippen MR) is 77.7 cm³/mol. The molecule has 0 aliphatic carbocycles. The molecular weight excluding hydrogens is 244 g/mol. The Morgan fingerprint density at radius 3 is 2.63 bits per heavy atom. The highest BCUT2D eigenvalue weighted by atomic mass is 16.5. The maximum Gasteiger partial charge on any atom is 0.191 e. The molecule has 0 aromatic heterocycles. The number of hydrogen-bond donors (Lipinski definition) is 2. The van der Waals surface area contributed by atoms with Crippen LogP contribution in [-0.2, 0) is 9.47 Å². The van der Waals surface area contributed by atoms with Crippen molar-refractivity contribution in [1.82, 2.24) is 15.5 Å². The lowest BCUT2D eigenvalue weighted by Gasteiger charge is -2.26. The number of aliphatic imine (C=N–C) groups is 1. The van der Waals surface area contributed by atoms with Crippen LogP contribution in [0.3, 0.4) is 0 Å². The zero-order chi connectivity index (χ0) is 13.8. The number of ether oxygens (including phenoxy) is 2. The standard InChI is InChI=1S/C13H28N4O2/c1-14-13(16-6-10-18-2)15-5-3-4-7-17-8-11-19-12-9-17/h3-12H2,1-2H3,(H2,14,15,16). The first kappa shape index (κ1) is 16.2. The molecule has 6 heteroatoms. The first-order chi connectivity index (χ1) is 9.36. The Morgan fingerprint density at radius 1 is 1.21 bits per heavy atom. The average molecular weight is 272 g/mol. The van der Waals surface area contributed by atoms with Gasteiger partial charge in [0.05, 0.1) is 19.8 Å². The molecule has 1 fully saturated rings. The highest BCUT2D eigenvalue weighted by Gasteiger charge is 2.08. The van der Waals surface area contributed by atoms with Crippen LogP contribution >= 0.6 is 0 Å². The molecule has 1 aliphatic heterocycles. The highest BCUT2D eigenvalue weighted by Crippen LogP contribution is 1.99. The maximum absolute atomic E-state index is 5.33. The second-order valence-corrected chi connectivity index (χ2v) is 4.58. The molecule has 1 heterocycles. The Kier molecular flexibility index (Phi) is 9.40. The lowest BCUT2D eigenvalue weighted by Crippen LogP contribution is -2.40. The summed E-state index contributed by atoms with van der Waals surface area (Å²) in [4.78, 5) is 6.63. The molecule has 1 aliphatic rings. The van der Waals surface area contributed by atoms with Crippen LogP contribution in [0, 0.1) is 0 Å². The van der Waals surface area contributed by atoms with Gasteiger partial charge in [-0.1, -0.05) is 0 Å². The Morgan fingerprint density at radius 2 is 1.95 bits per heavy atom. The molecule has 0 aromatic rings. The summed E-state index contributed by atoms with van der Waals surface area (Å²) in [6, 6.07) is 0. The summed E-state index contributed by atoms with van der Waals surface area (Å²) >= 11 is 0. The van der Waals surface area contributed by atoms with E-state index in [2.05, 4.69) is 20.5 Å². The summed E-state index contributed by atoms with van der Waals surface area (Å²) in [7, 11) is 3.49. The molecular formula is C13H28N4O2. The summed E-state index contributed by atoms with van der Waals surface area (Å²) in [5, 5.41) is 6.50. The van der Waals surface area contributed by atoms with Gasteiger partial charge < -0.3 is 20.1 Å². The first-order valence-electron chi connectivity index (χ1n) is 7.10. The van der Waals surface area contributed by atoms with Gasteiger partial charge in [0, 0.05) is 40.3 Å². The minimum atomic E-state index is 0.692. The fraction of sp³-hybridized carbons (Fsp3) is 0.923. The number of nitrogens with one attached hydrogen (secondary N) is 2. The molecule has 0 spiro atoms. The molecule has 0 saturated carbocycles. The quantitative estimate of drug-likeness (QED) is 0.367. The lowest BCUT2D eigenvalue weighted by atomic mass is 10.3. The van der Waals surface area contributed by atoms with Crippen molar-refractivity contribution in [2.75, 3.05) is 66.7 Å². The Labute approximate surface area is 116 Å². The third-order valence-corrected chi connectivity index (χ3v) is 3.12. The fourth-order valence-corrected chi connectivity index (χ4v) is 1.98. The van der Waals surface area contributed by atoms with E-state index in [0.29, 0.717) is 6.61 Å². The van der Waals surface area contributed by atoms with Gasteiger partial charge in [0.15, 0.2) is 5.96 Å². The molecule has 112 valence electrons. The minimum absolute atomic E-state index is 0.692. The molecule has 1 saturated heterocycles. The molecule has 1 rings (SSSR count). The fourth-order valence-electron chi connectivity index (χ4n) is 1.98. The van der Waals surface area contributed by atoms with Gasteiger partial charge in [-0.25, -0.2) is 0 Å². The SMILES string of the molecule is CN=C(NCCCCN1CCOCC1)NCCOC. The molecule has 0 bridgehead atoms. The topological polar surface area (TPSA) is 58.1 Å². The second kappa shape index (κ2) is 11.0. The smallest absolute Gasteiger partial charge is 0.191 e. The number of unbranched alkanes of at least 4 members (excludes halogenated alkanes) is 1. The van der Waals surface area contributed by atoms with E-state index in [1.807, 2.05) is 0 Å². The summed E-state index contributed by atoms with van der Waals surface area (Å²) in [6.45, 7) is 7.52. The second-order valence-electron chi connectivity index (χ2n) is 4.58. The summed E-state index contributed by atoms with van der Waals surface area (Å²) < 4.78 is 10.3. The molecule has 2 N–H and O–H groups in total. The van der Waals surface area contributed by atoms with Crippen LogP contribution in [0.5, 0.6) is 0 Å². The average Bonchev–Trinajstić information content (AvgIpc) is 2.46. The molecule has 0 amide bonds. The van der Waals surface area contributed by atoms with E-state index in [9.17, 15) is 0 Å². The van der Waals surface area contributed by atoms with Gasteiger partial charge in [-0.2, -0.15) is 0 Å². The van der Waals surface area contributed by atoms with Crippen LogP contribution in [-0.4, -0.2) is 77.6 Å². The summed E-state index contributed by atoms with van der Waals surface area (Å²) in [6.07, 6.45) is 2.37. The van der Waals surface area contributed by atoms with Crippen LogP contribution in [0.4, 0.5) is 0 Å². The maximum atomic E-state index is 5.33. The van der Waals surface area contributed by atoms with Crippen molar-refractivity contribution < 1.29 is 9.47 Å². The van der Waals surface area contributed by atoms with Gasteiger partial charge in [0.25, 0.3) is 0 Å². The predicted octanol–water partition coefficient (Wildman–Crippen LogP) is -0.0898. The normalized spacial score (nSPS) is 17.5. The van der Waals surface area contributed by atoms with Gasteiger partial charge in [0.1, 0.15) is 0 Å². The molecule has 6 nitrogen and oxygen atoms in total. The zero-order valence-corrected chi connectivity index (χ0v) is 12.3. The molecule has 0 atom stereocenters. The Bertz CT molecular complexity index is 243. The van der Waals surface area contributed by atoms with Crippen molar-refractivity contribution in [3.63, 3.8) is 0 Å². The van der Waals surface area contributed by atoms with Crippen LogP contribution in [0.1, 0.15) is 12.8 Å². The van der Waals surface area contributed by atoms with Crippen molar-refractivity contribution in [2.24, 2.45) is 4.99 Å². The van der Waals surface area contributed by atoms with E-state index < -0.39 is 0 Å². The van der Waals surface area contributed by atoms with Crippen LogP contribution in [0.15, 0.2) is 4.99 Å². The van der Waals surface area contributed by atoms with Crippen molar-refractivity contribution >= 4 is 5.96 Å². The third-order valence-electron chi connectivity index (χ3n) is 3.12. The van der Waals surface area contributed by atoms with Crippen molar-refractivity contribution in [3.05, 3.63) is 0 Å². The number of hydrogen-bond acceptors (Lipinski definition) is 4. The number of nitrogens with zero attached hydrogens (tertiary/aromatic N) is 2. The van der Waals surface area contributed by atoms with Gasteiger partial charge in [-0.3, -0.25) is 9.89 Å². The lowest BCUT2D eigenvalue weighted by molar-refractivity contribution is 0.0372. The molecule has 0 radical (unpaired) electrons. The Balaban J connectivity index is 1.96. The van der Waals surface area contributed by atoms with E-state index in [1.165, 1.54) is 13.0 Å². The number of guanidine groups is 1. The van der Waals surface area contributed by atoms with Gasteiger partial charge in [-0.15, -0.1) is 0 Å². The monoisotopic (exact) mass is 272 g/mol. The molecule has 19 heavy (non-hydrogen) atoms. The van der Waals surface area contributed by atoms with Gasteiger partial charge in [0.2, 0.25) is 0 Å². The van der Waals surface area contributed by atoms with Crippen LogP contribution in [0.2, 0.25) is 0 Å². The van der Waals surface area contributed by atoms with Crippen LogP contribution < -0.4 is 10.6 Å². The van der Waals surface area contributed by atoms with E-state index in [1.54, 1.807) is 14.2 Å². The van der Waals surface area contributed by atoms with E-state index in [-0.39, 0.29) is 0 Å². The van der Waals surface area contributed by atoms with E-state index in [0.717, 1.165) is 51.8 Å².